The van der Waals surface area contributed by atoms with Crippen molar-refractivity contribution >= 4 is 11.7 Å². The number of hydrogen-bond donors (Lipinski definition) is 2. The van der Waals surface area contributed by atoms with Crippen molar-refractivity contribution in [1.29, 1.82) is 0 Å². The van der Waals surface area contributed by atoms with Gasteiger partial charge in [0.1, 0.15) is 11.5 Å². The average Bonchev–Trinajstić information content (AvgIpc) is 2.71. The molecule has 0 saturated carbocycles. The second kappa shape index (κ2) is 8.76. The van der Waals surface area contributed by atoms with Gasteiger partial charge in [-0.15, -0.1) is 0 Å². The highest BCUT2D eigenvalue weighted by Crippen LogP contribution is 2.18. The third-order valence-corrected chi connectivity index (χ3v) is 3.84. The first-order valence-corrected chi connectivity index (χ1v) is 8.77. The molecular weight excluding hydrogens is 324 g/mol. The molecule has 0 spiro atoms. The number of amides is 1. The first-order valence-electron chi connectivity index (χ1n) is 8.77. The minimum atomic E-state index is -0.215. The zero-order valence-electron chi connectivity index (χ0n) is 14.8. The molecular formula is C21H22N4O. The van der Waals surface area contributed by atoms with Gasteiger partial charge in [-0.1, -0.05) is 67.6 Å². The molecule has 3 rings (SSSR count). The first kappa shape index (κ1) is 17.6. The molecule has 2 N–H and O–H groups in total. The van der Waals surface area contributed by atoms with E-state index in [2.05, 4.69) is 27.5 Å². The molecule has 5 heteroatoms. The van der Waals surface area contributed by atoms with Crippen LogP contribution in [-0.4, -0.2) is 22.4 Å². The van der Waals surface area contributed by atoms with Crippen LogP contribution < -0.4 is 10.6 Å². The quantitative estimate of drug-likeness (QED) is 0.681. The van der Waals surface area contributed by atoms with E-state index >= 15 is 0 Å². The molecule has 1 heterocycles. The van der Waals surface area contributed by atoms with E-state index in [1.54, 1.807) is 6.07 Å². The monoisotopic (exact) mass is 346 g/mol. The summed E-state index contributed by atoms with van der Waals surface area (Å²) in [5, 5.41) is 6.16. The van der Waals surface area contributed by atoms with Crippen LogP contribution in [0.3, 0.4) is 0 Å². The Kier molecular flexibility index (Phi) is 5.93. The average molecular weight is 346 g/mol. The highest BCUT2D eigenvalue weighted by Gasteiger charge is 2.13. The molecule has 2 aromatic carbocycles. The molecule has 1 amide bonds. The minimum absolute atomic E-state index is 0.215. The van der Waals surface area contributed by atoms with E-state index in [-0.39, 0.29) is 5.91 Å². The van der Waals surface area contributed by atoms with Gasteiger partial charge in [-0.25, -0.2) is 9.97 Å². The molecule has 0 aliphatic heterocycles. The number of rotatable bonds is 7. The fraction of sp³-hybridized carbons (Fsp3) is 0.190. The predicted octanol–water partition coefficient (Wildman–Crippen LogP) is 3.90. The maximum Gasteiger partial charge on any atom is 0.270 e. The van der Waals surface area contributed by atoms with Crippen LogP contribution >= 0.6 is 0 Å². The zero-order valence-corrected chi connectivity index (χ0v) is 14.8. The molecule has 0 aliphatic rings. The lowest BCUT2D eigenvalue weighted by molar-refractivity contribution is 0.0946. The van der Waals surface area contributed by atoms with Crippen LogP contribution in [0.5, 0.6) is 0 Å². The lowest BCUT2D eigenvalue weighted by Gasteiger charge is -2.10. The number of carbonyl (C=O) groups is 1. The summed E-state index contributed by atoms with van der Waals surface area (Å²) >= 11 is 0. The second-order valence-electron chi connectivity index (χ2n) is 5.92. The van der Waals surface area contributed by atoms with Crippen molar-refractivity contribution in [2.24, 2.45) is 0 Å². The van der Waals surface area contributed by atoms with Gasteiger partial charge >= 0.3 is 0 Å². The molecule has 0 atom stereocenters. The summed E-state index contributed by atoms with van der Waals surface area (Å²) in [4.78, 5) is 21.6. The highest BCUT2D eigenvalue weighted by atomic mass is 16.1. The van der Waals surface area contributed by atoms with E-state index in [1.165, 1.54) is 0 Å². The molecule has 0 aliphatic carbocycles. The van der Waals surface area contributed by atoms with Crippen molar-refractivity contribution in [2.75, 3.05) is 11.9 Å². The van der Waals surface area contributed by atoms with E-state index in [4.69, 9.17) is 0 Å². The van der Waals surface area contributed by atoms with Crippen LogP contribution in [0.4, 0.5) is 5.82 Å². The topological polar surface area (TPSA) is 66.9 Å². The van der Waals surface area contributed by atoms with Crippen molar-refractivity contribution in [2.45, 2.75) is 19.9 Å². The van der Waals surface area contributed by atoms with Crippen molar-refractivity contribution in [3.63, 3.8) is 0 Å². The number of aromatic nitrogens is 2. The SMILES string of the molecule is CCCNc1cc(C(=O)NCc2ccccc2)nc(-c2ccccc2)n1. The first-order chi connectivity index (χ1) is 12.8. The molecule has 3 aromatic rings. The molecule has 0 saturated heterocycles. The Morgan fingerprint density at radius 1 is 0.962 bits per heavy atom. The third kappa shape index (κ3) is 4.66. The Hall–Kier alpha value is -3.21. The highest BCUT2D eigenvalue weighted by molar-refractivity contribution is 5.93. The molecule has 1 aromatic heterocycles. The number of nitrogens with one attached hydrogen (secondary N) is 2. The standard InChI is InChI=1S/C21H22N4O/c1-2-13-22-19-14-18(21(26)23-15-16-9-5-3-6-10-16)24-20(25-19)17-11-7-4-8-12-17/h3-12,14H,2,13,15H2,1H3,(H,23,26)(H,22,24,25). The number of hydrogen-bond acceptors (Lipinski definition) is 4. The van der Waals surface area contributed by atoms with E-state index in [9.17, 15) is 4.79 Å². The molecule has 5 nitrogen and oxygen atoms in total. The molecule has 0 fully saturated rings. The summed E-state index contributed by atoms with van der Waals surface area (Å²) in [6.07, 6.45) is 0.972. The van der Waals surface area contributed by atoms with Crippen molar-refractivity contribution in [3.8, 4) is 11.4 Å². The van der Waals surface area contributed by atoms with Gasteiger partial charge in [0.05, 0.1) is 0 Å². The maximum absolute atomic E-state index is 12.6. The summed E-state index contributed by atoms with van der Waals surface area (Å²) in [7, 11) is 0. The lowest BCUT2D eigenvalue weighted by Crippen LogP contribution is -2.24. The summed E-state index contributed by atoms with van der Waals surface area (Å²) in [5.41, 5.74) is 2.28. The minimum Gasteiger partial charge on any atom is -0.370 e. The summed E-state index contributed by atoms with van der Waals surface area (Å²) < 4.78 is 0. The van der Waals surface area contributed by atoms with E-state index in [1.807, 2.05) is 60.7 Å². The molecule has 0 unspecified atom stereocenters. The van der Waals surface area contributed by atoms with Gasteiger partial charge in [-0.2, -0.15) is 0 Å². The van der Waals surface area contributed by atoms with Gasteiger partial charge in [0, 0.05) is 24.7 Å². The van der Waals surface area contributed by atoms with Crippen LogP contribution in [0.15, 0.2) is 66.7 Å². The number of nitrogens with zero attached hydrogens (tertiary/aromatic N) is 2. The van der Waals surface area contributed by atoms with Crippen LogP contribution in [0, 0.1) is 0 Å². The number of anilines is 1. The molecule has 0 bridgehead atoms. The van der Waals surface area contributed by atoms with E-state index < -0.39 is 0 Å². The van der Waals surface area contributed by atoms with Gasteiger partial charge in [0.15, 0.2) is 5.82 Å². The van der Waals surface area contributed by atoms with Crippen LogP contribution in [0.25, 0.3) is 11.4 Å². The number of benzene rings is 2. The molecule has 26 heavy (non-hydrogen) atoms. The largest absolute Gasteiger partial charge is 0.370 e. The Balaban J connectivity index is 1.83. The summed E-state index contributed by atoms with van der Waals surface area (Å²) in [5.74, 6) is 0.982. The van der Waals surface area contributed by atoms with Crippen molar-refractivity contribution in [3.05, 3.63) is 78.0 Å². The Morgan fingerprint density at radius 3 is 2.35 bits per heavy atom. The third-order valence-electron chi connectivity index (χ3n) is 3.84. The lowest BCUT2D eigenvalue weighted by atomic mass is 10.2. The van der Waals surface area contributed by atoms with Crippen molar-refractivity contribution < 1.29 is 4.79 Å². The Bertz CT molecular complexity index is 850. The summed E-state index contributed by atoms with van der Waals surface area (Å²) in [6, 6.07) is 21.2. The van der Waals surface area contributed by atoms with Crippen molar-refractivity contribution in [1.82, 2.24) is 15.3 Å². The van der Waals surface area contributed by atoms with E-state index in [0.717, 1.165) is 24.1 Å². The normalized spacial score (nSPS) is 10.3. The summed E-state index contributed by atoms with van der Waals surface area (Å²) in [6.45, 7) is 3.33. The van der Waals surface area contributed by atoms with Gasteiger partial charge in [0.25, 0.3) is 5.91 Å². The Labute approximate surface area is 153 Å². The van der Waals surface area contributed by atoms with Gasteiger partial charge in [0.2, 0.25) is 0 Å². The smallest absolute Gasteiger partial charge is 0.270 e. The number of carbonyl (C=O) groups excluding carboxylic acids is 1. The second-order valence-corrected chi connectivity index (χ2v) is 5.92. The molecule has 0 radical (unpaired) electrons. The molecule has 132 valence electrons. The maximum atomic E-state index is 12.6. The Morgan fingerprint density at radius 2 is 1.65 bits per heavy atom. The van der Waals surface area contributed by atoms with Crippen LogP contribution in [-0.2, 0) is 6.54 Å². The van der Waals surface area contributed by atoms with Crippen LogP contribution in [0.1, 0.15) is 29.4 Å². The predicted molar refractivity (Wildman–Crippen MR) is 104 cm³/mol. The zero-order chi connectivity index (χ0) is 18.2. The fourth-order valence-corrected chi connectivity index (χ4v) is 2.49. The van der Waals surface area contributed by atoms with Gasteiger partial charge in [-0.05, 0) is 12.0 Å². The van der Waals surface area contributed by atoms with E-state index in [0.29, 0.717) is 23.9 Å². The van der Waals surface area contributed by atoms with Crippen LogP contribution in [0.2, 0.25) is 0 Å². The van der Waals surface area contributed by atoms with Gasteiger partial charge in [-0.3, -0.25) is 4.79 Å². The fourth-order valence-electron chi connectivity index (χ4n) is 2.49. The van der Waals surface area contributed by atoms with Gasteiger partial charge < -0.3 is 10.6 Å².